The number of benzene rings is 4. The van der Waals surface area contributed by atoms with Crippen LogP contribution in [0.1, 0.15) is 11.1 Å². The average Bonchev–Trinajstić information content (AvgIpc) is 3.40. The zero-order valence-corrected chi connectivity index (χ0v) is 25.3. The average molecular weight is 686 g/mol. The van der Waals surface area contributed by atoms with Crippen molar-refractivity contribution in [3.8, 4) is 17.3 Å². The Morgan fingerprint density at radius 1 is 1.02 bits per heavy atom. The Bertz CT molecular complexity index is 2070. The zero-order chi connectivity index (χ0) is 29.2. The molecule has 0 unspecified atom stereocenters. The maximum Gasteiger partial charge on any atom is 0.282 e. The quantitative estimate of drug-likeness (QED) is 0.175. The van der Waals surface area contributed by atoms with Gasteiger partial charge in [0.1, 0.15) is 11.3 Å². The fourth-order valence-electron chi connectivity index (χ4n) is 4.40. The van der Waals surface area contributed by atoms with Crippen molar-refractivity contribution in [2.75, 3.05) is 11.9 Å². The van der Waals surface area contributed by atoms with Crippen molar-refractivity contribution < 1.29 is 13.9 Å². The highest BCUT2D eigenvalue weighted by molar-refractivity contribution is 9.10. The van der Waals surface area contributed by atoms with E-state index in [1.165, 1.54) is 4.68 Å². The van der Waals surface area contributed by atoms with E-state index in [9.17, 15) is 9.59 Å². The molecule has 0 saturated heterocycles. The highest BCUT2D eigenvalue weighted by Gasteiger charge is 2.17. The molecule has 42 heavy (non-hydrogen) atoms. The Morgan fingerprint density at radius 2 is 1.83 bits per heavy atom. The van der Waals surface area contributed by atoms with Crippen LogP contribution in [0.2, 0.25) is 0 Å². The smallest absolute Gasteiger partial charge is 0.282 e. The van der Waals surface area contributed by atoms with E-state index in [4.69, 9.17) is 14.1 Å². The van der Waals surface area contributed by atoms with Gasteiger partial charge in [-0.3, -0.25) is 9.59 Å². The van der Waals surface area contributed by atoms with Gasteiger partial charge >= 0.3 is 0 Å². The number of aryl methyl sites for hydroxylation is 1. The van der Waals surface area contributed by atoms with E-state index < -0.39 is 0 Å². The Hall–Kier alpha value is -4.54. The normalized spacial score (nSPS) is 11.4. The van der Waals surface area contributed by atoms with Crippen LogP contribution in [0.25, 0.3) is 33.5 Å². The number of carbonyl (C=O) groups is 1. The molecule has 0 spiro atoms. The Kier molecular flexibility index (Phi) is 7.73. The summed E-state index contributed by atoms with van der Waals surface area (Å²) in [6, 6.07) is 27.5. The summed E-state index contributed by atoms with van der Waals surface area (Å²) in [4.78, 5) is 30.7. The molecule has 0 radical (unpaired) electrons. The number of furan rings is 1. The third kappa shape index (κ3) is 5.77. The van der Waals surface area contributed by atoms with Gasteiger partial charge in [-0.05, 0) is 94.6 Å². The van der Waals surface area contributed by atoms with Crippen molar-refractivity contribution >= 4 is 71.5 Å². The molecular weight excluding hydrogens is 664 g/mol. The maximum atomic E-state index is 13.5. The van der Waals surface area contributed by atoms with Gasteiger partial charge in [0, 0.05) is 15.5 Å². The molecule has 0 fully saturated rings. The summed E-state index contributed by atoms with van der Waals surface area (Å²) in [5, 5.41) is 8.66. The van der Waals surface area contributed by atoms with Crippen LogP contribution in [0.5, 0.6) is 5.75 Å². The summed E-state index contributed by atoms with van der Waals surface area (Å²) < 4.78 is 14.6. The Labute approximate surface area is 256 Å². The Balaban J connectivity index is 1.27. The molecule has 1 amide bonds. The third-order valence-corrected chi connectivity index (χ3v) is 7.62. The van der Waals surface area contributed by atoms with Gasteiger partial charge in [-0.15, -0.1) is 0 Å². The first-order valence-electron chi connectivity index (χ1n) is 12.9. The summed E-state index contributed by atoms with van der Waals surface area (Å²) in [6.07, 6.45) is 1.56. The summed E-state index contributed by atoms with van der Waals surface area (Å²) in [5.74, 6) is 0.916. The molecule has 0 aliphatic carbocycles. The van der Waals surface area contributed by atoms with Gasteiger partial charge in [0.05, 0.1) is 21.6 Å². The van der Waals surface area contributed by atoms with Crippen LogP contribution >= 0.6 is 31.9 Å². The van der Waals surface area contributed by atoms with Crippen LogP contribution in [-0.4, -0.2) is 28.4 Å². The van der Waals surface area contributed by atoms with Crippen molar-refractivity contribution in [2.24, 2.45) is 5.10 Å². The molecule has 8 nitrogen and oxygen atoms in total. The van der Waals surface area contributed by atoms with Crippen LogP contribution in [0.4, 0.5) is 5.69 Å². The van der Waals surface area contributed by atoms with Gasteiger partial charge in [-0.1, -0.05) is 46.3 Å². The molecule has 6 rings (SSSR count). The van der Waals surface area contributed by atoms with E-state index >= 15 is 0 Å². The molecular formula is C32H22Br2N4O4. The molecule has 2 heterocycles. The lowest BCUT2D eigenvalue weighted by Crippen LogP contribution is -2.20. The number of nitrogens with zero attached hydrogens (tertiary/aromatic N) is 3. The number of hydrogen-bond donors (Lipinski definition) is 1. The number of halogens is 2. The van der Waals surface area contributed by atoms with Crippen molar-refractivity contribution in [3.05, 3.63) is 121 Å². The van der Waals surface area contributed by atoms with Gasteiger partial charge in [0.15, 0.2) is 12.4 Å². The molecule has 6 aromatic rings. The van der Waals surface area contributed by atoms with Crippen LogP contribution < -0.4 is 15.6 Å². The molecule has 0 aliphatic rings. The standard InChI is InChI=1S/C32H22Br2N4O4/c1-19-6-2-4-8-25(19)36-30(39)18-41-28-12-10-20(14-24(28)34)17-35-38-31(37-26-9-5-3-7-23(26)32(38)40)29-16-21-15-22(33)11-13-27(21)42-29/h2-17H,18H2,1H3,(H,36,39). The lowest BCUT2D eigenvalue weighted by molar-refractivity contribution is -0.118. The van der Waals surface area contributed by atoms with E-state index in [1.54, 1.807) is 42.6 Å². The molecule has 2 aromatic heterocycles. The van der Waals surface area contributed by atoms with Gasteiger partial charge in [-0.25, -0.2) is 4.98 Å². The van der Waals surface area contributed by atoms with Gasteiger partial charge < -0.3 is 14.5 Å². The molecule has 0 bridgehead atoms. The minimum atomic E-state index is -0.327. The third-order valence-electron chi connectivity index (χ3n) is 6.51. The van der Waals surface area contributed by atoms with Gasteiger partial charge in [0.2, 0.25) is 5.82 Å². The molecule has 0 saturated carbocycles. The van der Waals surface area contributed by atoms with Crippen molar-refractivity contribution in [2.45, 2.75) is 6.92 Å². The van der Waals surface area contributed by atoms with Gasteiger partial charge in [0.25, 0.3) is 11.5 Å². The number of aromatic nitrogens is 2. The van der Waals surface area contributed by atoms with E-state index in [0.29, 0.717) is 38.0 Å². The van der Waals surface area contributed by atoms with Crippen LogP contribution in [0.15, 0.2) is 114 Å². The van der Waals surface area contributed by atoms with E-state index in [0.717, 1.165) is 21.1 Å². The molecule has 0 atom stereocenters. The maximum absolute atomic E-state index is 13.5. The van der Waals surface area contributed by atoms with E-state index in [-0.39, 0.29) is 23.9 Å². The second-order valence-corrected chi connectivity index (χ2v) is 11.2. The van der Waals surface area contributed by atoms with E-state index in [2.05, 4.69) is 42.3 Å². The molecule has 4 aromatic carbocycles. The predicted octanol–water partition coefficient (Wildman–Crippen LogP) is 7.54. The largest absolute Gasteiger partial charge is 0.483 e. The van der Waals surface area contributed by atoms with Crippen LogP contribution in [0, 0.1) is 6.92 Å². The number of anilines is 1. The fourth-order valence-corrected chi connectivity index (χ4v) is 5.29. The SMILES string of the molecule is Cc1ccccc1NC(=O)COc1ccc(C=Nn2c(-c3cc4cc(Br)ccc4o3)nc3ccccc3c2=O)cc1Br. The molecule has 1 N–H and O–H groups in total. The topological polar surface area (TPSA) is 98.7 Å². The highest BCUT2D eigenvalue weighted by Crippen LogP contribution is 2.30. The first-order valence-corrected chi connectivity index (χ1v) is 14.5. The monoisotopic (exact) mass is 684 g/mol. The van der Waals surface area contributed by atoms with Crippen LogP contribution in [0.3, 0.4) is 0 Å². The number of carbonyl (C=O) groups excluding carboxylic acids is 1. The predicted molar refractivity (Wildman–Crippen MR) is 171 cm³/mol. The highest BCUT2D eigenvalue weighted by atomic mass is 79.9. The summed E-state index contributed by atoms with van der Waals surface area (Å²) in [6.45, 7) is 1.77. The van der Waals surface area contributed by atoms with Crippen molar-refractivity contribution in [3.63, 3.8) is 0 Å². The second kappa shape index (κ2) is 11.8. The lowest BCUT2D eigenvalue weighted by atomic mass is 10.2. The number of fused-ring (bicyclic) bond motifs is 2. The summed E-state index contributed by atoms with van der Waals surface area (Å²) in [7, 11) is 0. The molecule has 0 aliphatic heterocycles. The summed E-state index contributed by atoms with van der Waals surface area (Å²) in [5.41, 5.74) is 3.28. The zero-order valence-electron chi connectivity index (χ0n) is 22.2. The lowest BCUT2D eigenvalue weighted by Gasteiger charge is -2.11. The number of para-hydroxylation sites is 2. The minimum absolute atomic E-state index is 0.157. The first kappa shape index (κ1) is 27.6. The summed E-state index contributed by atoms with van der Waals surface area (Å²) >= 11 is 6.99. The number of amides is 1. The van der Waals surface area contributed by atoms with Crippen molar-refractivity contribution in [1.82, 2.24) is 9.66 Å². The number of nitrogens with one attached hydrogen (secondary N) is 1. The van der Waals surface area contributed by atoms with Crippen LogP contribution in [-0.2, 0) is 4.79 Å². The number of hydrogen-bond acceptors (Lipinski definition) is 6. The number of ether oxygens (including phenoxy) is 1. The first-order chi connectivity index (χ1) is 20.4. The Morgan fingerprint density at radius 3 is 2.67 bits per heavy atom. The molecule has 208 valence electrons. The van der Waals surface area contributed by atoms with Gasteiger partial charge in [-0.2, -0.15) is 9.78 Å². The number of rotatable bonds is 7. The fraction of sp³-hybridized carbons (Fsp3) is 0.0625. The second-order valence-electron chi connectivity index (χ2n) is 9.45. The molecule has 10 heteroatoms. The minimum Gasteiger partial charge on any atom is -0.483 e. The van der Waals surface area contributed by atoms with Crippen molar-refractivity contribution in [1.29, 1.82) is 0 Å². The van der Waals surface area contributed by atoms with E-state index in [1.807, 2.05) is 61.5 Å².